The Bertz CT molecular complexity index is 901. The summed E-state index contributed by atoms with van der Waals surface area (Å²) in [6.45, 7) is 0. The van der Waals surface area contributed by atoms with Crippen LogP contribution in [0.15, 0.2) is 29.6 Å². The summed E-state index contributed by atoms with van der Waals surface area (Å²) in [4.78, 5) is 18.6. The van der Waals surface area contributed by atoms with Crippen molar-refractivity contribution in [1.82, 2.24) is 9.97 Å². The first-order chi connectivity index (χ1) is 11.1. The molecule has 128 valence electrons. The lowest BCUT2D eigenvalue weighted by atomic mass is 10.0. The number of hydrogen-bond acceptors (Lipinski definition) is 6. The van der Waals surface area contributed by atoms with E-state index >= 15 is 0 Å². The number of halogens is 3. The number of aromatic nitrogens is 2. The maximum absolute atomic E-state index is 13.7. The van der Waals surface area contributed by atoms with E-state index < -0.39 is 50.0 Å². The number of carbonyl (C=O) groups is 1. The molecule has 1 heterocycles. The molecule has 0 saturated heterocycles. The zero-order valence-corrected chi connectivity index (χ0v) is 13.3. The van der Waals surface area contributed by atoms with E-state index in [-0.39, 0.29) is 5.56 Å². The topological polar surface area (TPSA) is 86.2 Å². The van der Waals surface area contributed by atoms with E-state index in [0.717, 1.165) is 31.6 Å². The molecule has 0 bridgehead atoms. The highest BCUT2D eigenvalue weighted by atomic mass is 32.2. The van der Waals surface area contributed by atoms with Gasteiger partial charge < -0.3 is 4.74 Å². The minimum atomic E-state index is -3.85. The van der Waals surface area contributed by atoms with Crippen LogP contribution in [0.5, 0.6) is 0 Å². The minimum absolute atomic E-state index is 0.0700. The summed E-state index contributed by atoms with van der Waals surface area (Å²) in [5, 5.41) is -0.661. The summed E-state index contributed by atoms with van der Waals surface area (Å²) in [7, 11) is -2.81. The van der Waals surface area contributed by atoms with E-state index in [1.807, 2.05) is 0 Å². The molecule has 0 unspecified atom stereocenters. The maximum atomic E-state index is 13.7. The Morgan fingerprint density at radius 2 is 1.96 bits per heavy atom. The molecule has 0 N–H and O–H groups in total. The molecule has 6 nitrogen and oxygen atoms in total. The van der Waals surface area contributed by atoms with Crippen molar-refractivity contribution in [2.75, 3.05) is 13.4 Å². The first-order valence-corrected chi connectivity index (χ1v) is 8.27. The van der Waals surface area contributed by atoms with Crippen LogP contribution in [0, 0.1) is 5.82 Å². The molecule has 1 aromatic carbocycles. The Kier molecular flexibility index (Phi) is 4.88. The van der Waals surface area contributed by atoms with E-state index in [2.05, 4.69) is 14.7 Å². The molecule has 0 fully saturated rings. The third-order valence-electron chi connectivity index (χ3n) is 3.01. The molecule has 24 heavy (non-hydrogen) atoms. The number of hydrogen-bond donors (Lipinski definition) is 0. The van der Waals surface area contributed by atoms with Crippen LogP contribution in [0.1, 0.15) is 22.3 Å². The van der Waals surface area contributed by atoms with Crippen molar-refractivity contribution in [1.29, 1.82) is 0 Å². The lowest BCUT2D eigenvalue weighted by Gasteiger charge is -2.10. The molecule has 2 aromatic rings. The highest BCUT2D eigenvalue weighted by molar-refractivity contribution is 7.90. The van der Waals surface area contributed by atoms with Crippen LogP contribution in [0.25, 0.3) is 11.3 Å². The van der Waals surface area contributed by atoms with Gasteiger partial charge in [-0.2, -0.15) is 0 Å². The van der Waals surface area contributed by atoms with Crippen molar-refractivity contribution in [2.24, 2.45) is 0 Å². The van der Waals surface area contributed by atoms with Crippen LogP contribution in [0.3, 0.4) is 0 Å². The fraction of sp³-hybridized carbons (Fsp3) is 0.214. The number of esters is 1. The van der Waals surface area contributed by atoms with Gasteiger partial charge in [0.1, 0.15) is 5.82 Å². The largest absolute Gasteiger partial charge is 0.465 e. The molecular weight excluding hydrogens is 349 g/mol. The van der Waals surface area contributed by atoms with E-state index in [9.17, 15) is 26.4 Å². The van der Waals surface area contributed by atoms with Crippen LogP contribution >= 0.6 is 0 Å². The average molecular weight is 360 g/mol. The fourth-order valence-corrected chi connectivity index (χ4v) is 2.38. The second-order valence-electron chi connectivity index (χ2n) is 4.72. The van der Waals surface area contributed by atoms with Crippen LogP contribution in [0.4, 0.5) is 13.2 Å². The van der Waals surface area contributed by atoms with Gasteiger partial charge >= 0.3 is 5.97 Å². The Labute approximate surface area is 135 Å². The Hall–Kier alpha value is -2.49. The van der Waals surface area contributed by atoms with Gasteiger partial charge in [0.2, 0.25) is 15.0 Å². The summed E-state index contributed by atoms with van der Waals surface area (Å²) >= 11 is 0. The predicted molar refractivity (Wildman–Crippen MR) is 76.8 cm³/mol. The SMILES string of the molecule is COC(=O)c1cc(-c2nc(S(C)(=O)=O)ncc2C(F)F)ccc1F. The van der Waals surface area contributed by atoms with Gasteiger partial charge in [0.15, 0.2) is 0 Å². The lowest BCUT2D eigenvalue weighted by Crippen LogP contribution is -2.08. The number of benzene rings is 1. The molecular formula is C14H11F3N2O4S. The van der Waals surface area contributed by atoms with Crippen molar-refractivity contribution in [2.45, 2.75) is 11.6 Å². The fourth-order valence-electron chi connectivity index (χ4n) is 1.88. The average Bonchev–Trinajstić information content (AvgIpc) is 2.53. The van der Waals surface area contributed by atoms with E-state index in [4.69, 9.17) is 0 Å². The number of alkyl halides is 2. The molecule has 0 aliphatic rings. The molecule has 0 spiro atoms. The smallest absolute Gasteiger partial charge is 0.340 e. The first-order valence-electron chi connectivity index (χ1n) is 6.38. The molecule has 0 saturated carbocycles. The molecule has 0 aliphatic carbocycles. The summed E-state index contributed by atoms with van der Waals surface area (Å²) in [6, 6.07) is 2.93. The molecule has 0 atom stereocenters. The molecule has 2 rings (SSSR count). The maximum Gasteiger partial charge on any atom is 0.340 e. The van der Waals surface area contributed by atoms with Crippen LogP contribution in [-0.4, -0.2) is 37.7 Å². The summed E-state index contributed by atoms with van der Waals surface area (Å²) in [6.07, 6.45) is -1.50. The van der Waals surface area contributed by atoms with E-state index in [1.165, 1.54) is 0 Å². The monoisotopic (exact) mass is 360 g/mol. The number of sulfone groups is 1. The van der Waals surface area contributed by atoms with Crippen molar-refractivity contribution in [3.63, 3.8) is 0 Å². The normalized spacial score (nSPS) is 11.6. The van der Waals surface area contributed by atoms with E-state index in [0.29, 0.717) is 6.20 Å². The van der Waals surface area contributed by atoms with Crippen molar-refractivity contribution in [3.8, 4) is 11.3 Å². The van der Waals surface area contributed by atoms with Crippen molar-refractivity contribution in [3.05, 3.63) is 41.3 Å². The van der Waals surface area contributed by atoms with Gasteiger partial charge in [-0.3, -0.25) is 0 Å². The van der Waals surface area contributed by atoms with Gasteiger partial charge in [-0.05, 0) is 18.2 Å². The van der Waals surface area contributed by atoms with Gasteiger partial charge in [-0.25, -0.2) is 36.4 Å². The van der Waals surface area contributed by atoms with Crippen molar-refractivity contribution >= 4 is 15.8 Å². The molecule has 0 radical (unpaired) electrons. The number of nitrogens with zero attached hydrogens (tertiary/aromatic N) is 2. The predicted octanol–water partition coefficient (Wildman–Crippen LogP) is 2.41. The van der Waals surface area contributed by atoms with Crippen LogP contribution in [0.2, 0.25) is 0 Å². The number of ether oxygens (including phenoxy) is 1. The third-order valence-corrected chi connectivity index (χ3v) is 3.87. The van der Waals surface area contributed by atoms with Gasteiger partial charge in [0, 0.05) is 18.0 Å². The van der Waals surface area contributed by atoms with E-state index in [1.54, 1.807) is 0 Å². The lowest BCUT2D eigenvalue weighted by molar-refractivity contribution is 0.0595. The number of rotatable bonds is 4. The van der Waals surface area contributed by atoms with Crippen molar-refractivity contribution < 1.29 is 31.1 Å². The zero-order chi connectivity index (χ0) is 18.1. The second-order valence-corrected chi connectivity index (χ2v) is 6.63. The van der Waals surface area contributed by atoms with Gasteiger partial charge in [-0.1, -0.05) is 0 Å². The standard InChI is InChI=1S/C14H11F3N2O4S/c1-23-13(20)8-5-7(3-4-10(8)15)11-9(12(16)17)6-18-14(19-11)24(2,21)22/h3-6,12H,1-2H3. The zero-order valence-electron chi connectivity index (χ0n) is 12.5. The quantitative estimate of drug-likeness (QED) is 0.615. The molecule has 10 heteroatoms. The van der Waals surface area contributed by atoms with Gasteiger partial charge in [0.05, 0.1) is 23.9 Å². The molecule has 1 aromatic heterocycles. The number of carbonyl (C=O) groups excluding carboxylic acids is 1. The summed E-state index contributed by atoms with van der Waals surface area (Å²) < 4.78 is 67.4. The van der Waals surface area contributed by atoms with Crippen LogP contribution in [-0.2, 0) is 14.6 Å². The second kappa shape index (κ2) is 6.56. The summed E-state index contributed by atoms with van der Waals surface area (Å²) in [5.41, 5.74) is -1.62. The summed E-state index contributed by atoms with van der Waals surface area (Å²) in [5.74, 6) is -1.92. The Balaban J connectivity index is 2.72. The highest BCUT2D eigenvalue weighted by Gasteiger charge is 2.22. The highest BCUT2D eigenvalue weighted by Crippen LogP contribution is 2.30. The number of methoxy groups -OCH3 is 1. The van der Waals surface area contributed by atoms with Gasteiger partial charge in [0.25, 0.3) is 6.43 Å². The van der Waals surface area contributed by atoms with Gasteiger partial charge in [-0.15, -0.1) is 0 Å². The third kappa shape index (κ3) is 3.53. The molecule has 0 aliphatic heterocycles. The minimum Gasteiger partial charge on any atom is -0.465 e. The molecule has 0 amide bonds. The Morgan fingerprint density at radius 3 is 2.50 bits per heavy atom. The first kappa shape index (κ1) is 17.9. The van der Waals surface area contributed by atoms with Crippen LogP contribution < -0.4 is 0 Å². The Morgan fingerprint density at radius 1 is 1.29 bits per heavy atom.